The van der Waals surface area contributed by atoms with Gasteiger partial charge in [0.05, 0.1) is 11.1 Å². The lowest BCUT2D eigenvalue weighted by atomic mass is 9.90. The number of aromatic carboxylic acids is 2. The normalized spacial score (nSPS) is 11.2. The number of carboxylic acids is 2. The van der Waals surface area contributed by atoms with Gasteiger partial charge in [0.2, 0.25) is 0 Å². The first kappa shape index (κ1) is 28.2. The van der Waals surface area contributed by atoms with Gasteiger partial charge in [-0.3, -0.25) is 0 Å². The van der Waals surface area contributed by atoms with E-state index in [0.29, 0.717) is 18.4 Å². The van der Waals surface area contributed by atoms with Crippen LogP contribution in [0.5, 0.6) is 0 Å². The van der Waals surface area contributed by atoms with Crippen molar-refractivity contribution in [1.29, 1.82) is 0 Å². The maximum atomic E-state index is 11.7. The van der Waals surface area contributed by atoms with Crippen molar-refractivity contribution in [2.24, 2.45) is 5.92 Å². The Bertz CT molecular complexity index is 678. The van der Waals surface area contributed by atoms with Crippen molar-refractivity contribution in [1.82, 2.24) is 0 Å². The minimum Gasteiger partial charge on any atom is -0.478 e. The Hall–Kier alpha value is -1.84. The van der Waals surface area contributed by atoms with Crippen molar-refractivity contribution in [3.05, 3.63) is 34.4 Å². The number of benzene rings is 1. The van der Waals surface area contributed by atoms with E-state index in [0.717, 1.165) is 24.3 Å². The molecule has 1 aromatic rings. The van der Waals surface area contributed by atoms with Gasteiger partial charge in [-0.05, 0) is 42.4 Å². The van der Waals surface area contributed by atoms with Gasteiger partial charge in [0, 0.05) is 0 Å². The third-order valence-corrected chi connectivity index (χ3v) is 6.44. The zero-order valence-electron chi connectivity index (χ0n) is 20.8. The first-order valence-electron chi connectivity index (χ1n) is 13.0. The van der Waals surface area contributed by atoms with Gasteiger partial charge in [-0.2, -0.15) is 0 Å². The molecule has 4 heteroatoms. The second-order valence-corrected chi connectivity index (χ2v) is 9.62. The molecule has 0 amide bonds. The summed E-state index contributed by atoms with van der Waals surface area (Å²) in [4.78, 5) is 23.2. The fourth-order valence-electron chi connectivity index (χ4n) is 4.53. The van der Waals surface area contributed by atoms with Crippen LogP contribution in [0.15, 0.2) is 12.1 Å². The lowest BCUT2D eigenvalue weighted by Gasteiger charge is -2.14. The van der Waals surface area contributed by atoms with Crippen molar-refractivity contribution in [2.45, 2.75) is 124 Å². The Morgan fingerprint density at radius 2 is 1.19 bits per heavy atom. The minimum atomic E-state index is -1.17. The molecule has 0 fully saturated rings. The lowest BCUT2D eigenvalue weighted by Crippen LogP contribution is -2.13. The van der Waals surface area contributed by atoms with Gasteiger partial charge in [-0.25, -0.2) is 9.59 Å². The van der Waals surface area contributed by atoms with Gasteiger partial charge in [0.1, 0.15) is 0 Å². The summed E-state index contributed by atoms with van der Waals surface area (Å²) in [6, 6.07) is 3.21. The average Bonchev–Trinajstić information content (AvgIpc) is 2.75. The van der Waals surface area contributed by atoms with Crippen molar-refractivity contribution in [2.75, 3.05) is 0 Å². The van der Waals surface area contributed by atoms with Crippen LogP contribution in [0, 0.1) is 5.92 Å². The molecule has 0 aromatic heterocycles. The highest BCUT2D eigenvalue weighted by atomic mass is 16.4. The van der Waals surface area contributed by atoms with E-state index in [1.807, 2.05) is 6.92 Å². The molecule has 1 aromatic carbocycles. The zero-order chi connectivity index (χ0) is 23.8. The number of carbonyl (C=O) groups is 2. The van der Waals surface area contributed by atoms with Crippen LogP contribution < -0.4 is 0 Å². The molecule has 0 bridgehead atoms. The van der Waals surface area contributed by atoms with E-state index in [2.05, 4.69) is 13.8 Å². The van der Waals surface area contributed by atoms with Crippen LogP contribution >= 0.6 is 0 Å². The van der Waals surface area contributed by atoms with E-state index >= 15 is 0 Å². The monoisotopic (exact) mass is 446 g/mol. The summed E-state index contributed by atoms with van der Waals surface area (Å²) in [6.07, 6.45) is 19.3. The van der Waals surface area contributed by atoms with E-state index in [1.54, 1.807) is 6.07 Å². The van der Waals surface area contributed by atoms with Crippen LogP contribution in [0.2, 0.25) is 0 Å². The predicted octanol–water partition coefficient (Wildman–Crippen LogP) is 8.31. The van der Waals surface area contributed by atoms with Crippen molar-refractivity contribution in [3.8, 4) is 0 Å². The number of carboxylic acid groups (broad SMARTS) is 2. The largest absolute Gasteiger partial charge is 0.478 e. The van der Waals surface area contributed by atoms with E-state index in [-0.39, 0.29) is 11.1 Å². The van der Waals surface area contributed by atoms with Crippen LogP contribution in [0.3, 0.4) is 0 Å². The molecule has 0 radical (unpaired) electrons. The smallest absolute Gasteiger partial charge is 0.336 e. The maximum Gasteiger partial charge on any atom is 0.336 e. The van der Waals surface area contributed by atoms with E-state index in [1.165, 1.54) is 83.1 Å². The molecule has 0 aliphatic heterocycles. The summed E-state index contributed by atoms with van der Waals surface area (Å²) < 4.78 is 0. The molecule has 32 heavy (non-hydrogen) atoms. The number of aryl methyl sites for hydroxylation is 1. The first-order valence-corrected chi connectivity index (χ1v) is 13.0. The van der Waals surface area contributed by atoms with Crippen molar-refractivity contribution in [3.63, 3.8) is 0 Å². The molecular formula is C28H46O4. The topological polar surface area (TPSA) is 74.6 Å². The van der Waals surface area contributed by atoms with Gasteiger partial charge < -0.3 is 10.2 Å². The average molecular weight is 447 g/mol. The fourth-order valence-corrected chi connectivity index (χ4v) is 4.53. The van der Waals surface area contributed by atoms with Gasteiger partial charge in [0.25, 0.3) is 0 Å². The Balaban J connectivity index is 2.18. The molecule has 0 unspecified atom stereocenters. The predicted molar refractivity (Wildman–Crippen MR) is 133 cm³/mol. The van der Waals surface area contributed by atoms with Crippen LogP contribution in [0.1, 0.15) is 143 Å². The highest BCUT2D eigenvalue weighted by Gasteiger charge is 2.22. The zero-order valence-corrected chi connectivity index (χ0v) is 20.8. The van der Waals surface area contributed by atoms with E-state index in [9.17, 15) is 19.8 Å². The van der Waals surface area contributed by atoms with Crippen molar-refractivity contribution >= 4 is 11.9 Å². The molecule has 2 N–H and O–H groups in total. The standard InChI is InChI=1S/C28H46O4/c1-4-23-20-21-25(27(29)30)26(28(31)32)24(23)19-17-15-13-11-9-7-5-6-8-10-12-14-16-18-22(2)3/h20-22H,4-19H2,1-3H3,(H,29,30)(H,31,32). The number of unbranched alkanes of at least 4 members (excludes halogenated alkanes) is 12. The Kier molecular flexibility index (Phi) is 14.8. The quantitative estimate of drug-likeness (QED) is 0.210. The first-order chi connectivity index (χ1) is 15.4. The molecular weight excluding hydrogens is 400 g/mol. The minimum absolute atomic E-state index is 0.0169. The van der Waals surface area contributed by atoms with E-state index < -0.39 is 11.9 Å². The van der Waals surface area contributed by atoms with Gasteiger partial charge in [0.15, 0.2) is 0 Å². The molecule has 0 saturated heterocycles. The second kappa shape index (κ2) is 16.7. The van der Waals surface area contributed by atoms with Crippen molar-refractivity contribution < 1.29 is 19.8 Å². The van der Waals surface area contributed by atoms with Crippen LogP contribution in [0.4, 0.5) is 0 Å². The number of hydrogen-bond acceptors (Lipinski definition) is 2. The summed E-state index contributed by atoms with van der Waals surface area (Å²) in [5, 5.41) is 18.9. The SMILES string of the molecule is CCc1ccc(C(=O)O)c(C(=O)O)c1CCCCCCCCCCCCCCCC(C)C. The summed E-state index contributed by atoms with van der Waals surface area (Å²) in [5.74, 6) is -1.46. The highest BCUT2D eigenvalue weighted by molar-refractivity contribution is 6.03. The van der Waals surface area contributed by atoms with Gasteiger partial charge in [-0.1, -0.05) is 110 Å². The number of hydrogen-bond donors (Lipinski definition) is 2. The third-order valence-electron chi connectivity index (χ3n) is 6.44. The van der Waals surface area contributed by atoms with E-state index in [4.69, 9.17) is 0 Å². The molecule has 0 aliphatic carbocycles. The summed E-state index contributed by atoms with van der Waals surface area (Å²) in [7, 11) is 0. The molecule has 1 rings (SSSR count). The number of rotatable bonds is 19. The molecule has 4 nitrogen and oxygen atoms in total. The Morgan fingerprint density at radius 1 is 0.719 bits per heavy atom. The molecule has 0 aliphatic rings. The van der Waals surface area contributed by atoms with Crippen LogP contribution in [-0.2, 0) is 12.8 Å². The van der Waals surface area contributed by atoms with Gasteiger partial charge >= 0.3 is 11.9 Å². The molecule has 0 atom stereocenters. The highest BCUT2D eigenvalue weighted by Crippen LogP contribution is 2.24. The van der Waals surface area contributed by atoms with Gasteiger partial charge in [-0.15, -0.1) is 0 Å². The Labute approximate surface area is 195 Å². The summed E-state index contributed by atoms with van der Waals surface area (Å²) in [5.41, 5.74) is 1.55. The molecule has 182 valence electrons. The van der Waals surface area contributed by atoms with Crippen LogP contribution in [-0.4, -0.2) is 22.2 Å². The summed E-state index contributed by atoms with van der Waals surface area (Å²) in [6.45, 7) is 6.59. The maximum absolute atomic E-state index is 11.7. The summed E-state index contributed by atoms with van der Waals surface area (Å²) >= 11 is 0. The molecule has 0 spiro atoms. The molecule has 0 heterocycles. The Morgan fingerprint density at radius 3 is 1.59 bits per heavy atom. The lowest BCUT2D eigenvalue weighted by molar-refractivity contribution is 0.0650. The fraction of sp³-hybridized carbons (Fsp3) is 0.714. The molecule has 0 saturated carbocycles. The third kappa shape index (κ3) is 11.2. The second-order valence-electron chi connectivity index (χ2n) is 9.62. The van der Waals surface area contributed by atoms with Crippen LogP contribution in [0.25, 0.3) is 0 Å².